The molecule has 0 saturated heterocycles. The lowest BCUT2D eigenvalue weighted by Crippen LogP contribution is -2.16. The highest BCUT2D eigenvalue weighted by Gasteiger charge is 2.20. The van der Waals surface area contributed by atoms with E-state index in [1.165, 1.54) is 18.2 Å². The minimum absolute atomic E-state index is 0.0392. The van der Waals surface area contributed by atoms with Crippen LogP contribution < -0.4 is 4.72 Å². The highest BCUT2D eigenvalue weighted by Crippen LogP contribution is 2.31. The van der Waals surface area contributed by atoms with Crippen molar-refractivity contribution in [2.75, 3.05) is 10.5 Å². The Hall–Kier alpha value is -3.67. The van der Waals surface area contributed by atoms with Crippen LogP contribution in [0.25, 0.3) is 27.0 Å². The summed E-state index contributed by atoms with van der Waals surface area (Å²) in [5.74, 6) is -0.443. The summed E-state index contributed by atoms with van der Waals surface area (Å²) >= 11 is 5.98. The van der Waals surface area contributed by atoms with Gasteiger partial charge < -0.3 is 4.98 Å². The molecule has 2 aromatic heterocycles. The smallest absolute Gasteiger partial charge is 0.232 e. The van der Waals surface area contributed by atoms with E-state index in [0.717, 1.165) is 11.1 Å². The van der Waals surface area contributed by atoms with Gasteiger partial charge >= 0.3 is 0 Å². The molecule has 4 aromatic rings. The molecule has 4 rings (SSSR count). The number of rotatable bonds is 7. The molecule has 166 valence electrons. The number of nitrogens with one attached hydrogen (secondary N) is 2. The van der Waals surface area contributed by atoms with Gasteiger partial charge in [0.05, 0.1) is 12.3 Å². The van der Waals surface area contributed by atoms with Crippen LogP contribution in [0.15, 0.2) is 60.9 Å². The van der Waals surface area contributed by atoms with Crippen molar-refractivity contribution in [3.8, 4) is 11.1 Å². The van der Waals surface area contributed by atoms with Gasteiger partial charge in [-0.2, -0.15) is 0 Å². The molecule has 0 aliphatic heterocycles. The average molecular weight is 479 g/mol. The molecule has 7 nitrogen and oxygen atoms in total. The minimum atomic E-state index is -3.54. The molecule has 2 N–H and O–H groups in total. The first kappa shape index (κ1) is 22.5. The molecular weight excluding hydrogens is 460 g/mol. The molecular formula is C24H19ClN4O3S. The number of anilines is 1. The van der Waals surface area contributed by atoms with Crippen molar-refractivity contribution in [1.29, 1.82) is 0 Å². The summed E-state index contributed by atoms with van der Waals surface area (Å²) in [6.45, 7) is 9.21. The third kappa shape index (κ3) is 4.75. The Kier molecular flexibility index (Phi) is 6.18. The highest BCUT2D eigenvalue weighted by molar-refractivity contribution is 7.92. The average Bonchev–Trinajstić information content (AvgIpc) is 3.22. The Morgan fingerprint density at radius 2 is 1.88 bits per heavy atom. The zero-order chi connectivity index (χ0) is 23.6. The van der Waals surface area contributed by atoms with E-state index in [4.69, 9.17) is 18.2 Å². The number of carbonyl (C=O) groups is 1. The van der Waals surface area contributed by atoms with Gasteiger partial charge in [0.2, 0.25) is 10.0 Å². The van der Waals surface area contributed by atoms with E-state index in [9.17, 15) is 13.2 Å². The maximum atomic E-state index is 13.5. The number of sulfonamides is 1. The van der Waals surface area contributed by atoms with Crippen LogP contribution in [0.3, 0.4) is 0 Å². The van der Waals surface area contributed by atoms with Crippen LogP contribution in [0.5, 0.6) is 0 Å². The number of carbonyl (C=O) groups excluding carboxylic acids is 1. The zero-order valence-electron chi connectivity index (χ0n) is 17.6. The van der Waals surface area contributed by atoms with Gasteiger partial charge in [0.1, 0.15) is 5.65 Å². The van der Waals surface area contributed by atoms with Crippen LogP contribution in [-0.2, 0) is 10.0 Å². The third-order valence-electron chi connectivity index (χ3n) is 5.06. The fraction of sp³-hybridized carbons (Fsp3) is 0.125. The lowest BCUT2D eigenvalue weighted by atomic mass is 9.99. The number of benzene rings is 2. The molecule has 0 atom stereocenters. The molecule has 0 saturated carbocycles. The Morgan fingerprint density at radius 3 is 2.58 bits per heavy atom. The molecule has 33 heavy (non-hydrogen) atoms. The summed E-state index contributed by atoms with van der Waals surface area (Å²) in [7, 11) is -3.54. The first-order valence-electron chi connectivity index (χ1n) is 10.1. The van der Waals surface area contributed by atoms with Gasteiger partial charge in [0.25, 0.3) is 0 Å². The zero-order valence-corrected chi connectivity index (χ0v) is 19.2. The molecule has 0 unspecified atom stereocenters. The largest absolute Gasteiger partial charge is 0.345 e. The number of hydrogen-bond donors (Lipinski definition) is 2. The van der Waals surface area contributed by atoms with E-state index < -0.39 is 15.8 Å². The molecule has 0 amide bonds. The normalized spacial score (nSPS) is 11.3. The van der Waals surface area contributed by atoms with Crippen molar-refractivity contribution in [3.05, 3.63) is 88.5 Å². The summed E-state index contributed by atoms with van der Waals surface area (Å²) in [5.41, 5.74) is 3.04. The molecule has 2 aromatic carbocycles. The van der Waals surface area contributed by atoms with E-state index in [2.05, 4.69) is 19.5 Å². The van der Waals surface area contributed by atoms with Gasteiger partial charge in [0.15, 0.2) is 11.5 Å². The predicted octanol–water partition coefficient (Wildman–Crippen LogP) is 5.82. The Labute approximate surface area is 196 Å². The Balaban J connectivity index is 1.76. The van der Waals surface area contributed by atoms with Gasteiger partial charge in [0, 0.05) is 45.2 Å². The summed E-state index contributed by atoms with van der Waals surface area (Å²) < 4.78 is 26.8. The number of halogens is 1. The number of hydrogen-bond acceptors (Lipinski definition) is 4. The van der Waals surface area contributed by atoms with E-state index in [0.29, 0.717) is 28.0 Å². The van der Waals surface area contributed by atoms with Gasteiger partial charge in [-0.1, -0.05) is 36.7 Å². The van der Waals surface area contributed by atoms with Crippen LogP contribution >= 0.6 is 11.6 Å². The van der Waals surface area contributed by atoms with Crippen molar-refractivity contribution in [1.82, 2.24) is 9.97 Å². The van der Waals surface area contributed by atoms with Gasteiger partial charge in [-0.05, 0) is 42.3 Å². The van der Waals surface area contributed by atoms with Gasteiger partial charge in [-0.15, -0.1) is 0 Å². The van der Waals surface area contributed by atoms with E-state index >= 15 is 0 Å². The van der Waals surface area contributed by atoms with Crippen LogP contribution in [0, 0.1) is 6.57 Å². The number of aromatic nitrogens is 2. The van der Waals surface area contributed by atoms with Crippen molar-refractivity contribution in [3.63, 3.8) is 0 Å². The fourth-order valence-electron chi connectivity index (χ4n) is 3.51. The molecule has 0 spiro atoms. The maximum Gasteiger partial charge on any atom is 0.232 e. The number of fused-ring (bicyclic) bond motifs is 1. The number of H-pyrrole nitrogens is 1. The summed E-state index contributed by atoms with van der Waals surface area (Å²) in [5, 5.41) is 1.21. The van der Waals surface area contributed by atoms with Crippen molar-refractivity contribution < 1.29 is 13.2 Å². The van der Waals surface area contributed by atoms with Crippen molar-refractivity contribution >= 4 is 49.8 Å². The maximum absolute atomic E-state index is 13.5. The first-order chi connectivity index (χ1) is 15.8. The van der Waals surface area contributed by atoms with Crippen LogP contribution in [0.1, 0.15) is 29.3 Å². The molecule has 0 aliphatic carbocycles. The SMILES string of the molecule is [C-]#[N+]c1ccc(NS(=O)(=O)CCC)cc1C(=O)c1c[nH]c2ncc(-c3ccc(Cl)cc3)cc12. The second-order valence-corrected chi connectivity index (χ2v) is 9.70. The number of ketones is 1. The van der Waals surface area contributed by atoms with Crippen molar-refractivity contribution in [2.24, 2.45) is 0 Å². The Bertz CT molecular complexity index is 1500. The lowest BCUT2D eigenvalue weighted by Gasteiger charge is -2.10. The van der Waals surface area contributed by atoms with Gasteiger partial charge in [-0.3, -0.25) is 9.52 Å². The minimum Gasteiger partial charge on any atom is -0.345 e. The Morgan fingerprint density at radius 1 is 1.12 bits per heavy atom. The number of aromatic amines is 1. The standard InChI is InChI=1S/C24H19ClN4O3S/c1-3-10-33(31,32)29-18-8-9-22(26-2)20(12-18)23(30)21-14-28-24-19(21)11-16(13-27-24)15-4-6-17(25)7-5-15/h4-9,11-14,29H,3,10H2,1H3,(H,27,28). The first-order valence-corrected chi connectivity index (χ1v) is 12.1. The summed E-state index contributed by atoms with van der Waals surface area (Å²) in [4.78, 5) is 24.3. The van der Waals surface area contributed by atoms with E-state index in [-0.39, 0.29) is 22.7 Å². The summed E-state index contributed by atoms with van der Waals surface area (Å²) in [6.07, 6.45) is 3.71. The van der Waals surface area contributed by atoms with Crippen LogP contribution in [0.4, 0.5) is 11.4 Å². The van der Waals surface area contributed by atoms with Crippen LogP contribution in [0.2, 0.25) is 5.02 Å². The lowest BCUT2D eigenvalue weighted by molar-refractivity contribution is 0.104. The van der Waals surface area contributed by atoms with Crippen molar-refractivity contribution in [2.45, 2.75) is 13.3 Å². The molecule has 9 heteroatoms. The summed E-state index contributed by atoms with van der Waals surface area (Å²) in [6, 6.07) is 13.4. The predicted molar refractivity (Wildman–Crippen MR) is 130 cm³/mol. The van der Waals surface area contributed by atoms with Crippen LogP contribution in [-0.4, -0.2) is 29.9 Å². The molecule has 0 bridgehead atoms. The molecule has 0 radical (unpaired) electrons. The number of pyridine rings is 1. The topological polar surface area (TPSA) is 96.3 Å². The third-order valence-corrected chi connectivity index (χ3v) is 6.81. The second-order valence-electron chi connectivity index (χ2n) is 7.42. The van der Waals surface area contributed by atoms with Gasteiger partial charge in [-0.25, -0.2) is 18.2 Å². The molecule has 0 fully saturated rings. The highest BCUT2D eigenvalue weighted by atomic mass is 35.5. The fourth-order valence-corrected chi connectivity index (χ4v) is 4.77. The quantitative estimate of drug-likeness (QED) is 0.258. The molecule has 0 aliphatic rings. The monoisotopic (exact) mass is 478 g/mol. The van der Waals surface area contributed by atoms with E-state index in [1.54, 1.807) is 31.5 Å². The molecule has 2 heterocycles. The van der Waals surface area contributed by atoms with E-state index in [1.807, 2.05) is 18.2 Å². The number of nitrogens with zero attached hydrogens (tertiary/aromatic N) is 2. The second kappa shape index (κ2) is 9.06.